The van der Waals surface area contributed by atoms with E-state index >= 15 is 0 Å². The van der Waals surface area contributed by atoms with E-state index in [2.05, 4.69) is 4.90 Å². The zero-order valence-corrected chi connectivity index (χ0v) is 10.3. The SMILES string of the molecule is COCCCN1CCOc2ccc([N+](=O)[O-])cc21. The molecule has 6 heteroatoms. The molecular formula is C12H16N2O4. The van der Waals surface area contributed by atoms with E-state index in [-0.39, 0.29) is 10.6 Å². The molecule has 98 valence electrons. The summed E-state index contributed by atoms with van der Waals surface area (Å²) in [4.78, 5) is 12.5. The molecule has 0 atom stereocenters. The predicted octanol–water partition coefficient (Wildman–Crippen LogP) is 1.83. The summed E-state index contributed by atoms with van der Waals surface area (Å²) in [7, 11) is 1.66. The number of methoxy groups -OCH3 is 1. The molecule has 1 aromatic rings. The van der Waals surface area contributed by atoms with E-state index in [1.54, 1.807) is 19.2 Å². The molecule has 1 aliphatic heterocycles. The smallest absolute Gasteiger partial charge is 0.271 e. The first-order chi connectivity index (χ1) is 8.72. The molecule has 0 fully saturated rings. The molecule has 0 unspecified atom stereocenters. The van der Waals surface area contributed by atoms with Gasteiger partial charge in [0.05, 0.1) is 17.2 Å². The monoisotopic (exact) mass is 252 g/mol. The van der Waals surface area contributed by atoms with Crippen LogP contribution in [0.15, 0.2) is 18.2 Å². The third kappa shape index (κ3) is 2.70. The van der Waals surface area contributed by atoms with Crippen LogP contribution in [0.2, 0.25) is 0 Å². The number of fused-ring (bicyclic) bond motifs is 1. The lowest BCUT2D eigenvalue weighted by atomic mass is 10.2. The Morgan fingerprint density at radius 2 is 2.39 bits per heavy atom. The second-order valence-corrected chi connectivity index (χ2v) is 4.09. The first-order valence-corrected chi connectivity index (χ1v) is 5.87. The molecule has 2 rings (SSSR count). The third-order valence-electron chi connectivity index (χ3n) is 2.89. The standard InChI is InChI=1S/C12H16N2O4/c1-17-7-2-5-13-6-8-18-12-4-3-10(14(15)16)9-11(12)13/h3-4,9H,2,5-8H2,1H3. The number of rotatable bonds is 5. The Balaban J connectivity index is 2.17. The fourth-order valence-electron chi connectivity index (χ4n) is 2.01. The van der Waals surface area contributed by atoms with E-state index < -0.39 is 0 Å². The molecule has 0 bridgehead atoms. The van der Waals surface area contributed by atoms with Crippen LogP contribution in [0.4, 0.5) is 11.4 Å². The summed E-state index contributed by atoms with van der Waals surface area (Å²) < 4.78 is 10.5. The molecule has 1 aliphatic rings. The van der Waals surface area contributed by atoms with Crippen molar-refractivity contribution in [2.75, 3.05) is 38.3 Å². The summed E-state index contributed by atoms with van der Waals surface area (Å²) >= 11 is 0. The lowest BCUT2D eigenvalue weighted by Gasteiger charge is -2.30. The van der Waals surface area contributed by atoms with E-state index in [9.17, 15) is 10.1 Å². The Morgan fingerprint density at radius 1 is 1.56 bits per heavy atom. The van der Waals surface area contributed by atoms with Gasteiger partial charge in [-0.2, -0.15) is 0 Å². The molecule has 0 saturated carbocycles. The molecule has 1 heterocycles. The Bertz CT molecular complexity index is 436. The maximum Gasteiger partial charge on any atom is 0.271 e. The molecule has 0 aliphatic carbocycles. The van der Waals surface area contributed by atoms with Gasteiger partial charge in [-0.15, -0.1) is 0 Å². The number of nitro groups is 1. The van der Waals surface area contributed by atoms with Crippen molar-refractivity contribution in [1.82, 2.24) is 0 Å². The number of ether oxygens (including phenoxy) is 2. The van der Waals surface area contributed by atoms with E-state index in [0.717, 1.165) is 25.2 Å². The highest BCUT2D eigenvalue weighted by atomic mass is 16.6. The van der Waals surface area contributed by atoms with Crippen molar-refractivity contribution < 1.29 is 14.4 Å². The minimum Gasteiger partial charge on any atom is -0.490 e. The van der Waals surface area contributed by atoms with Gasteiger partial charge in [-0.1, -0.05) is 0 Å². The predicted molar refractivity (Wildman–Crippen MR) is 67.3 cm³/mol. The molecular weight excluding hydrogens is 236 g/mol. The first kappa shape index (κ1) is 12.6. The summed E-state index contributed by atoms with van der Waals surface area (Å²) in [5.74, 6) is 0.712. The van der Waals surface area contributed by atoms with E-state index in [4.69, 9.17) is 9.47 Å². The third-order valence-corrected chi connectivity index (χ3v) is 2.89. The highest BCUT2D eigenvalue weighted by Gasteiger charge is 2.20. The highest BCUT2D eigenvalue weighted by Crippen LogP contribution is 2.34. The number of hydrogen-bond donors (Lipinski definition) is 0. The average Bonchev–Trinajstić information content (AvgIpc) is 2.38. The second kappa shape index (κ2) is 5.68. The van der Waals surface area contributed by atoms with Crippen LogP contribution < -0.4 is 9.64 Å². The summed E-state index contributed by atoms with van der Waals surface area (Å²) in [5.41, 5.74) is 0.891. The summed E-state index contributed by atoms with van der Waals surface area (Å²) in [6, 6.07) is 4.70. The van der Waals surface area contributed by atoms with Gasteiger partial charge < -0.3 is 14.4 Å². The van der Waals surface area contributed by atoms with Gasteiger partial charge in [0, 0.05) is 32.4 Å². The molecule has 0 N–H and O–H groups in total. The zero-order chi connectivity index (χ0) is 13.0. The number of anilines is 1. The molecule has 0 amide bonds. The Hall–Kier alpha value is -1.82. The van der Waals surface area contributed by atoms with Crippen molar-refractivity contribution in [3.05, 3.63) is 28.3 Å². The molecule has 0 aromatic heterocycles. The van der Waals surface area contributed by atoms with Gasteiger partial charge in [0.1, 0.15) is 12.4 Å². The largest absolute Gasteiger partial charge is 0.490 e. The normalized spacial score (nSPS) is 13.9. The van der Waals surface area contributed by atoms with Crippen molar-refractivity contribution in [3.8, 4) is 5.75 Å². The van der Waals surface area contributed by atoms with Gasteiger partial charge in [0.15, 0.2) is 0 Å². The van der Waals surface area contributed by atoms with Crippen LogP contribution >= 0.6 is 0 Å². The first-order valence-electron chi connectivity index (χ1n) is 5.87. The minimum absolute atomic E-state index is 0.0935. The molecule has 1 aromatic carbocycles. The molecule has 6 nitrogen and oxygen atoms in total. The van der Waals surface area contributed by atoms with Gasteiger partial charge in [-0.05, 0) is 12.5 Å². The fraction of sp³-hybridized carbons (Fsp3) is 0.500. The van der Waals surface area contributed by atoms with Gasteiger partial charge in [-0.3, -0.25) is 10.1 Å². The highest BCUT2D eigenvalue weighted by molar-refractivity contribution is 5.64. The molecule has 0 saturated heterocycles. The van der Waals surface area contributed by atoms with Gasteiger partial charge in [-0.25, -0.2) is 0 Å². The van der Waals surface area contributed by atoms with Crippen LogP contribution in [-0.2, 0) is 4.74 Å². The summed E-state index contributed by atoms with van der Waals surface area (Å²) in [5, 5.41) is 10.8. The number of nitro benzene ring substituents is 1. The number of hydrogen-bond acceptors (Lipinski definition) is 5. The van der Waals surface area contributed by atoms with Crippen LogP contribution in [-0.4, -0.2) is 38.3 Å². The van der Waals surface area contributed by atoms with Gasteiger partial charge in [0.2, 0.25) is 0 Å². The van der Waals surface area contributed by atoms with Crippen molar-refractivity contribution >= 4 is 11.4 Å². The quantitative estimate of drug-likeness (QED) is 0.454. The van der Waals surface area contributed by atoms with E-state index in [1.165, 1.54) is 6.07 Å². The fourth-order valence-corrected chi connectivity index (χ4v) is 2.01. The van der Waals surface area contributed by atoms with Crippen LogP contribution in [0.1, 0.15) is 6.42 Å². The second-order valence-electron chi connectivity index (χ2n) is 4.09. The zero-order valence-electron chi connectivity index (χ0n) is 10.3. The molecule has 0 spiro atoms. The molecule has 0 radical (unpaired) electrons. The van der Waals surface area contributed by atoms with Crippen molar-refractivity contribution in [3.63, 3.8) is 0 Å². The van der Waals surface area contributed by atoms with Crippen LogP contribution in [0.25, 0.3) is 0 Å². The van der Waals surface area contributed by atoms with Crippen molar-refractivity contribution in [1.29, 1.82) is 0 Å². The Morgan fingerprint density at radius 3 is 3.11 bits per heavy atom. The lowest BCUT2D eigenvalue weighted by molar-refractivity contribution is -0.384. The maximum atomic E-state index is 10.8. The number of non-ortho nitro benzene ring substituents is 1. The Labute approximate surface area is 105 Å². The maximum absolute atomic E-state index is 10.8. The average molecular weight is 252 g/mol. The van der Waals surface area contributed by atoms with Crippen molar-refractivity contribution in [2.24, 2.45) is 0 Å². The Kier molecular flexibility index (Phi) is 3.99. The van der Waals surface area contributed by atoms with Crippen LogP contribution in [0.5, 0.6) is 5.75 Å². The van der Waals surface area contributed by atoms with E-state index in [1.807, 2.05) is 0 Å². The van der Waals surface area contributed by atoms with E-state index in [0.29, 0.717) is 19.0 Å². The number of nitrogens with zero attached hydrogens (tertiary/aromatic N) is 2. The van der Waals surface area contributed by atoms with Crippen molar-refractivity contribution in [2.45, 2.75) is 6.42 Å². The van der Waals surface area contributed by atoms with Crippen LogP contribution in [0, 0.1) is 10.1 Å². The van der Waals surface area contributed by atoms with Gasteiger partial charge in [0.25, 0.3) is 5.69 Å². The summed E-state index contributed by atoms with van der Waals surface area (Å²) in [6.07, 6.45) is 0.888. The van der Waals surface area contributed by atoms with Gasteiger partial charge >= 0.3 is 0 Å². The number of benzene rings is 1. The minimum atomic E-state index is -0.387. The topological polar surface area (TPSA) is 64.8 Å². The van der Waals surface area contributed by atoms with Crippen LogP contribution in [0.3, 0.4) is 0 Å². The summed E-state index contributed by atoms with van der Waals surface area (Å²) in [6.45, 7) is 2.85. The lowest BCUT2D eigenvalue weighted by Crippen LogP contribution is -2.33. The molecule has 18 heavy (non-hydrogen) atoms.